The van der Waals surface area contributed by atoms with Crippen molar-refractivity contribution < 1.29 is 9.90 Å². The molecule has 2 fully saturated rings. The Morgan fingerprint density at radius 2 is 1.73 bits per heavy atom. The number of aliphatic hydroxyl groups is 1. The number of hydrogen-bond acceptors (Lipinski definition) is 6. The van der Waals surface area contributed by atoms with E-state index in [1.54, 1.807) is 6.33 Å². The van der Waals surface area contributed by atoms with Gasteiger partial charge >= 0.3 is 0 Å². The molecule has 2 saturated heterocycles. The van der Waals surface area contributed by atoms with Crippen LogP contribution in [0.5, 0.6) is 0 Å². The Morgan fingerprint density at radius 1 is 1.03 bits per heavy atom. The number of rotatable bonds is 5. The average molecular weight is 430 g/mol. The highest BCUT2D eigenvalue weighted by molar-refractivity contribution is 6.30. The molecule has 8 heteroatoms. The number of carbonyl (C=O) groups excluding carboxylic acids is 1. The molecule has 1 N–H and O–H groups in total. The molecule has 7 nitrogen and oxygen atoms in total. The van der Waals surface area contributed by atoms with Crippen molar-refractivity contribution in [2.45, 2.75) is 19.3 Å². The van der Waals surface area contributed by atoms with Crippen LogP contribution in [-0.4, -0.2) is 71.8 Å². The van der Waals surface area contributed by atoms with Crippen molar-refractivity contribution in [3.8, 4) is 0 Å². The molecule has 1 aromatic heterocycles. The van der Waals surface area contributed by atoms with E-state index in [4.69, 9.17) is 11.6 Å². The van der Waals surface area contributed by atoms with Crippen molar-refractivity contribution in [1.29, 1.82) is 0 Å². The first-order valence-corrected chi connectivity index (χ1v) is 10.9. The maximum atomic E-state index is 12.6. The van der Waals surface area contributed by atoms with E-state index in [1.165, 1.54) is 0 Å². The van der Waals surface area contributed by atoms with Crippen LogP contribution in [0.1, 0.15) is 18.4 Å². The number of anilines is 2. The maximum absolute atomic E-state index is 12.6. The summed E-state index contributed by atoms with van der Waals surface area (Å²) in [5.74, 6) is 2.27. The van der Waals surface area contributed by atoms with Crippen molar-refractivity contribution in [2.75, 3.05) is 55.7 Å². The van der Waals surface area contributed by atoms with Gasteiger partial charge in [0.05, 0.1) is 6.42 Å². The van der Waals surface area contributed by atoms with Crippen molar-refractivity contribution in [3.05, 3.63) is 47.2 Å². The number of hydrogen-bond donors (Lipinski definition) is 1. The van der Waals surface area contributed by atoms with E-state index in [0.29, 0.717) is 30.5 Å². The molecule has 30 heavy (non-hydrogen) atoms. The number of amides is 1. The first-order valence-electron chi connectivity index (χ1n) is 10.6. The Hall–Kier alpha value is -2.38. The molecule has 1 unspecified atom stereocenters. The van der Waals surface area contributed by atoms with Crippen LogP contribution in [0.15, 0.2) is 36.7 Å². The fraction of sp³-hybridized carbons (Fsp3) is 0.500. The van der Waals surface area contributed by atoms with Crippen LogP contribution in [-0.2, 0) is 11.2 Å². The van der Waals surface area contributed by atoms with Crippen LogP contribution in [0, 0.1) is 5.92 Å². The van der Waals surface area contributed by atoms with Gasteiger partial charge in [0.25, 0.3) is 0 Å². The van der Waals surface area contributed by atoms with E-state index in [2.05, 4.69) is 19.8 Å². The topological polar surface area (TPSA) is 72.8 Å². The summed E-state index contributed by atoms with van der Waals surface area (Å²) in [6, 6.07) is 9.48. The lowest BCUT2D eigenvalue weighted by molar-refractivity contribution is -0.130. The molecule has 0 aliphatic carbocycles. The number of benzene rings is 1. The van der Waals surface area contributed by atoms with Gasteiger partial charge in [0.1, 0.15) is 18.0 Å². The first kappa shape index (κ1) is 20.9. The zero-order chi connectivity index (χ0) is 20.9. The fourth-order valence-electron chi connectivity index (χ4n) is 4.18. The molecule has 4 rings (SSSR count). The number of piperidine rings is 1. The lowest BCUT2D eigenvalue weighted by Gasteiger charge is -2.36. The van der Waals surface area contributed by atoms with Crippen molar-refractivity contribution in [1.82, 2.24) is 14.9 Å². The molecule has 2 aliphatic heterocycles. The predicted molar refractivity (Wildman–Crippen MR) is 118 cm³/mol. The van der Waals surface area contributed by atoms with Gasteiger partial charge in [-0.05, 0) is 36.5 Å². The van der Waals surface area contributed by atoms with Crippen LogP contribution in [0.4, 0.5) is 11.6 Å². The van der Waals surface area contributed by atoms with E-state index >= 15 is 0 Å². The third-order valence-electron chi connectivity index (χ3n) is 5.96. The lowest BCUT2D eigenvalue weighted by Crippen LogP contribution is -2.49. The third-order valence-corrected chi connectivity index (χ3v) is 6.22. The van der Waals surface area contributed by atoms with Crippen LogP contribution in [0.2, 0.25) is 5.02 Å². The normalized spacial score (nSPS) is 19.8. The molecule has 0 radical (unpaired) electrons. The van der Waals surface area contributed by atoms with E-state index < -0.39 is 0 Å². The molecule has 0 bridgehead atoms. The number of aromatic nitrogens is 2. The predicted octanol–water partition coefficient (Wildman–Crippen LogP) is 2.23. The highest BCUT2D eigenvalue weighted by Gasteiger charge is 2.24. The highest BCUT2D eigenvalue weighted by Crippen LogP contribution is 2.24. The van der Waals surface area contributed by atoms with Gasteiger partial charge in [-0.15, -0.1) is 0 Å². The summed E-state index contributed by atoms with van der Waals surface area (Å²) in [6.45, 7) is 4.88. The highest BCUT2D eigenvalue weighted by atomic mass is 35.5. The van der Waals surface area contributed by atoms with Crippen LogP contribution in [0.3, 0.4) is 0 Å². The van der Waals surface area contributed by atoms with Crippen molar-refractivity contribution >= 4 is 29.1 Å². The molecular formula is C22H28ClN5O2. The molecule has 0 spiro atoms. The van der Waals surface area contributed by atoms with Crippen LogP contribution < -0.4 is 9.80 Å². The Morgan fingerprint density at radius 3 is 2.43 bits per heavy atom. The van der Waals surface area contributed by atoms with Gasteiger partial charge in [-0.25, -0.2) is 9.97 Å². The maximum Gasteiger partial charge on any atom is 0.227 e. The van der Waals surface area contributed by atoms with E-state index in [1.807, 2.05) is 35.2 Å². The van der Waals surface area contributed by atoms with Gasteiger partial charge in [0.15, 0.2) is 0 Å². The smallest absolute Gasteiger partial charge is 0.227 e. The SMILES string of the molecule is O=C(Cc1ccc(Cl)cc1)N1CCN(c2cc(N3CCCC(CO)C3)ncn2)CC1. The molecule has 0 saturated carbocycles. The third kappa shape index (κ3) is 5.02. The summed E-state index contributed by atoms with van der Waals surface area (Å²) in [4.78, 5) is 27.9. The summed E-state index contributed by atoms with van der Waals surface area (Å²) in [5, 5.41) is 10.2. The Labute approximate surface area is 182 Å². The fourth-order valence-corrected chi connectivity index (χ4v) is 4.30. The number of aliphatic hydroxyl groups excluding tert-OH is 1. The van der Waals surface area contributed by atoms with E-state index in [9.17, 15) is 9.90 Å². The minimum absolute atomic E-state index is 0.142. The van der Waals surface area contributed by atoms with Gasteiger partial charge in [-0.1, -0.05) is 23.7 Å². The van der Waals surface area contributed by atoms with E-state index in [-0.39, 0.29) is 12.5 Å². The van der Waals surface area contributed by atoms with Crippen LogP contribution in [0.25, 0.3) is 0 Å². The van der Waals surface area contributed by atoms with Gasteiger partial charge in [0.2, 0.25) is 5.91 Å². The quantitative estimate of drug-likeness (QED) is 0.785. The number of nitrogens with zero attached hydrogens (tertiary/aromatic N) is 5. The van der Waals surface area contributed by atoms with E-state index in [0.717, 1.165) is 56.2 Å². The van der Waals surface area contributed by atoms with Gasteiger partial charge in [-0.3, -0.25) is 4.79 Å². The lowest BCUT2D eigenvalue weighted by atomic mass is 9.99. The second kappa shape index (κ2) is 9.62. The number of carbonyl (C=O) groups is 1. The second-order valence-electron chi connectivity index (χ2n) is 8.04. The van der Waals surface area contributed by atoms with Gasteiger partial charge in [0, 0.05) is 57.0 Å². The second-order valence-corrected chi connectivity index (χ2v) is 8.48. The Bertz CT molecular complexity index is 855. The molecular weight excluding hydrogens is 402 g/mol. The molecule has 1 atom stereocenters. The summed E-state index contributed by atoms with van der Waals surface area (Å²) in [5.41, 5.74) is 0.981. The molecule has 3 heterocycles. The van der Waals surface area contributed by atoms with Gasteiger partial charge in [-0.2, -0.15) is 0 Å². The number of halogens is 1. The molecule has 1 amide bonds. The zero-order valence-corrected chi connectivity index (χ0v) is 17.8. The molecule has 2 aromatic rings. The number of piperazine rings is 1. The average Bonchev–Trinajstić information content (AvgIpc) is 2.81. The summed E-state index contributed by atoms with van der Waals surface area (Å²) >= 11 is 5.92. The summed E-state index contributed by atoms with van der Waals surface area (Å²) < 4.78 is 0. The van der Waals surface area contributed by atoms with Crippen molar-refractivity contribution in [2.24, 2.45) is 5.92 Å². The summed E-state index contributed by atoms with van der Waals surface area (Å²) in [7, 11) is 0. The Kier molecular flexibility index (Phi) is 6.69. The molecule has 160 valence electrons. The minimum atomic E-state index is 0.142. The standard InChI is InChI=1S/C22H28ClN5O2/c23-19-5-3-17(4-6-19)12-22(30)27-10-8-26(9-11-27)20-13-21(25-16-24-20)28-7-1-2-18(14-28)15-29/h3-6,13,16,18,29H,1-2,7-12,14-15H2. The van der Waals surface area contributed by atoms with Gasteiger partial charge < -0.3 is 19.8 Å². The molecule has 1 aromatic carbocycles. The van der Waals surface area contributed by atoms with Crippen molar-refractivity contribution in [3.63, 3.8) is 0 Å². The van der Waals surface area contributed by atoms with Crippen LogP contribution >= 0.6 is 11.6 Å². The zero-order valence-electron chi connectivity index (χ0n) is 17.1. The minimum Gasteiger partial charge on any atom is -0.396 e. The summed E-state index contributed by atoms with van der Waals surface area (Å²) in [6.07, 6.45) is 4.15. The first-order chi connectivity index (χ1) is 14.6. The largest absolute Gasteiger partial charge is 0.396 e. The Balaban J connectivity index is 1.33. The monoisotopic (exact) mass is 429 g/mol. The molecule has 2 aliphatic rings.